The van der Waals surface area contributed by atoms with Crippen molar-refractivity contribution in [3.05, 3.63) is 107 Å². The number of hydrogen-bond donors (Lipinski definition) is 1. The third-order valence-electron chi connectivity index (χ3n) is 8.14. The van der Waals surface area contributed by atoms with Gasteiger partial charge in [0.2, 0.25) is 0 Å². The van der Waals surface area contributed by atoms with Crippen molar-refractivity contribution in [1.82, 2.24) is 20.1 Å². The number of para-hydroxylation sites is 1. The largest absolute Gasteiger partial charge is 0.497 e. The summed E-state index contributed by atoms with van der Waals surface area (Å²) in [4.78, 5) is 24.0. The summed E-state index contributed by atoms with van der Waals surface area (Å²) in [5.74, 6) is 0.835. The molecule has 0 aliphatic carbocycles. The molecule has 0 bridgehead atoms. The summed E-state index contributed by atoms with van der Waals surface area (Å²) < 4.78 is 5.38. The molecule has 200 valence electrons. The molecule has 39 heavy (non-hydrogen) atoms. The number of fused-ring (bicyclic) bond motifs is 2. The minimum Gasteiger partial charge on any atom is -0.497 e. The first kappa shape index (κ1) is 25.5. The molecule has 0 radical (unpaired) electrons. The Kier molecular flexibility index (Phi) is 7.57. The van der Waals surface area contributed by atoms with Gasteiger partial charge >= 0.3 is 0 Å². The monoisotopic (exact) mass is 520 g/mol. The third-order valence-corrected chi connectivity index (χ3v) is 8.14. The maximum Gasteiger partial charge on any atom is 0.252 e. The fourth-order valence-electron chi connectivity index (χ4n) is 6.10. The van der Waals surface area contributed by atoms with Gasteiger partial charge in [-0.2, -0.15) is 0 Å². The number of amides is 1. The molecule has 0 saturated carbocycles. The maximum atomic E-state index is 14.1. The van der Waals surface area contributed by atoms with Crippen LogP contribution >= 0.6 is 0 Å². The van der Waals surface area contributed by atoms with Crippen molar-refractivity contribution in [2.75, 3.05) is 33.3 Å². The lowest BCUT2D eigenvalue weighted by atomic mass is 9.94. The zero-order chi connectivity index (χ0) is 26.6. The van der Waals surface area contributed by atoms with E-state index in [1.54, 1.807) is 7.11 Å². The van der Waals surface area contributed by atoms with Gasteiger partial charge in [-0.25, -0.2) is 0 Å². The van der Waals surface area contributed by atoms with E-state index in [0.717, 1.165) is 72.6 Å². The first-order valence-electron chi connectivity index (χ1n) is 14.0. The summed E-state index contributed by atoms with van der Waals surface area (Å²) in [5, 5.41) is 4.28. The molecule has 4 aromatic rings. The van der Waals surface area contributed by atoms with E-state index in [9.17, 15) is 4.79 Å². The van der Waals surface area contributed by atoms with Gasteiger partial charge in [0.05, 0.1) is 24.2 Å². The van der Waals surface area contributed by atoms with Crippen LogP contribution in [0, 0.1) is 0 Å². The number of rotatable bonds is 8. The van der Waals surface area contributed by atoms with Crippen LogP contribution in [0.3, 0.4) is 0 Å². The van der Waals surface area contributed by atoms with E-state index < -0.39 is 0 Å². The summed E-state index contributed by atoms with van der Waals surface area (Å²) in [7, 11) is 1.69. The predicted molar refractivity (Wildman–Crippen MR) is 155 cm³/mol. The molecule has 1 atom stereocenters. The van der Waals surface area contributed by atoms with Crippen molar-refractivity contribution in [2.45, 2.75) is 38.4 Å². The maximum absolute atomic E-state index is 14.1. The predicted octanol–water partition coefficient (Wildman–Crippen LogP) is 5.37. The summed E-state index contributed by atoms with van der Waals surface area (Å²) in [6, 6.07) is 27.0. The zero-order valence-electron chi connectivity index (χ0n) is 22.6. The molecule has 2 aliphatic rings. The van der Waals surface area contributed by atoms with Gasteiger partial charge in [-0.15, -0.1) is 0 Å². The lowest BCUT2D eigenvalue weighted by Crippen LogP contribution is -2.38. The number of pyridine rings is 1. The molecule has 6 nitrogen and oxygen atoms in total. The average molecular weight is 521 g/mol. The zero-order valence-corrected chi connectivity index (χ0v) is 22.6. The van der Waals surface area contributed by atoms with Crippen molar-refractivity contribution in [3.8, 4) is 5.75 Å². The molecule has 3 aromatic carbocycles. The van der Waals surface area contributed by atoms with Crippen molar-refractivity contribution >= 4 is 16.8 Å². The Morgan fingerprint density at radius 2 is 1.69 bits per heavy atom. The number of aromatic nitrogens is 1. The van der Waals surface area contributed by atoms with Gasteiger partial charge in [-0.1, -0.05) is 60.7 Å². The van der Waals surface area contributed by atoms with Crippen molar-refractivity contribution in [2.24, 2.45) is 0 Å². The van der Waals surface area contributed by atoms with Gasteiger partial charge in [0.15, 0.2) is 0 Å². The molecule has 6 rings (SSSR count). The molecule has 2 aliphatic heterocycles. The van der Waals surface area contributed by atoms with Gasteiger partial charge in [0, 0.05) is 49.2 Å². The highest BCUT2D eigenvalue weighted by Crippen LogP contribution is 2.30. The van der Waals surface area contributed by atoms with Crippen LogP contribution in [-0.4, -0.2) is 54.0 Å². The summed E-state index contributed by atoms with van der Waals surface area (Å²) in [5.41, 5.74) is 6.28. The summed E-state index contributed by atoms with van der Waals surface area (Å²) >= 11 is 0. The van der Waals surface area contributed by atoms with Crippen LogP contribution in [0.15, 0.2) is 78.9 Å². The minimum absolute atomic E-state index is 0.0101. The molecule has 1 amide bonds. The molecule has 6 heteroatoms. The average Bonchev–Trinajstić information content (AvgIpc) is 3.51. The number of ether oxygens (including phenoxy) is 1. The lowest BCUT2D eigenvalue weighted by Gasteiger charge is -2.31. The van der Waals surface area contributed by atoms with Crippen LogP contribution in [0.5, 0.6) is 5.75 Å². The molecule has 3 heterocycles. The summed E-state index contributed by atoms with van der Waals surface area (Å²) in [6.45, 7) is 5.18. The molecule has 1 fully saturated rings. The Morgan fingerprint density at radius 3 is 2.46 bits per heavy atom. The quantitative estimate of drug-likeness (QED) is 0.339. The molecular weight excluding hydrogens is 484 g/mol. The van der Waals surface area contributed by atoms with E-state index in [0.29, 0.717) is 6.54 Å². The number of carbonyl (C=O) groups is 1. The second-order valence-corrected chi connectivity index (χ2v) is 10.6. The van der Waals surface area contributed by atoms with Gasteiger partial charge < -0.3 is 10.1 Å². The van der Waals surface area contributed by atoms with Crippen molar-refractivity contribution in [3.63, 3.8) is 0 Å². The molecule has 0 spiro atoms. The second-order valence-electron chi connectivity index (χ2n) is 10.6. The fourth-order valence-corrected chi connectivity index (χ4v) is 6.10. The first-order chi connectivity index (χ1) is 19.2. The Hall–Kier alpha value is -3.74. The number of hydrogen-bond acceptors (Lipinski definition) is 5. The van der Waals surface area contributed by atoms with E-state index in [1.807, 2.05) is 36.4 Å². The number of likely N-dealkylation sites (tertiary alicyclic amines) is 1. The van der Waals surface area contributed by atoms with Crippen LogP contribution in [0.25, 0.3) is 10.9 Å². The van der Waals surface area contributed by atoms with Crippen LogP contribution < -0.4 is 10.1 Å². The highest BCUT2D eigenvalue weighted by atomic mass is 16.5. The van der Waals surface area contributed by atoms with Gasteiger partial charge in [0.1, 0.15) is 5.75 Å². The smallest absolute Gasteiger partial charge is 0.252 e. The highest BCUT2D eigenvalue weighted by molar-refractivity contribution is 6.07. The SMILES string of the molecule is COc1ccc(C(CNC(=O)c2c3c(nc4ccccc24)CCN(Cc2ccccc2)C3)N2CCCC2)cc1. The minimum atomic E-state index is -0.0101. The normalized spacial score (nSPS) is 16.6. The van der Waals surface area contributed by atoms with Crippen LogP contribution in [-0.2, 0) is 19.5 Å². The van der Waals surface area contributed by atoms with E-state index in [-0.39, 0.29) is 11.9 Å². The highest BCUT2D eigenvalue weighted by Gasteiger charge is 2.28. The fraction of sp³-hybridized carbons (Fsp3) is 0.333. The standard InChI is InChI=1S/C33H36N4O2/c1-39-26-15-13-25(14-16-26)31(37-18-7-8-19-37)21-34-33(38)32-27-11-5-6-12-29(27)35-30-17-20-36(23-28(30)32)22-24-9-3-2-4-10-24/h2-6,9-16,31H,7-8,17-23H2,1H3,(H,34,38). The molecule has 1 N–H and O–H groups in total. The molecule has 1 unspecified atom stereocenters. The van der Waals surface area contributed by atoms with E-state index >= 15 is 0 Å². The third kappa shape index (κ3) is 5.54. The number of methoxy groups -OCH3 is 1. The van der Waals surface area contributed by atoms with Gasteiger partial charge in [0.25, 0.3) is 5.91 Å². The van der Waals surface area contributed by atoms with Crippen molar-refractivity contribution in [1.29, 1.82) is 0 Å². The lowest BCUT2D eigenvalue weighted by molar-refractivity contribution is 0.0936. The Labute approximate surface area is 230 Å². The van der Waals surface area contributed by atoms with E-state index in [4.69, 9.17) is 9.72 Å². The van der Waals surface area contributed by atoms with Crippen molar-refractivity contribution < 1.29 is 9.53 Å². The second kappa shape index (κ2) is 11.6. The van der Waals surface area contributed by atoms with Crippen LogP contribution in [0.1, 0.15) is 51.6 Å². The molecular formula is C33H36N4O2. The number of benzene rings is 3. The molecule has 1 aromatic heterocycles. The number of nitrogens with one attached hydrogen (secondary N) is 1. The Balaban J connectivity index is 1.29. The Bertz CT molecular complexity index is 1430. The van der Waals surface area contributed by atoms with E-state index in [2.05, 4.69) is 57.6 Å². The Morgan fingerprint density at radius 1 is 0.949 bits per heavy atom. The van der Waals surface area contributed by atoms with Gasteiger partial charge in [-0.3, -0.25) is 19.6 Å². The van der Waals surface area contributed by atoms with Crippen LogP contribution in [0.4, 0.5) is 0 Å². The number of carbonyl (C=O) groups excluding carboxylic acids is 1. The van der Waals surface area contributed by atoms with E-state index in [1.165, 1.54) is 24.0 Å². The van der Waals surface area contributed by atoms with Crippen LogP contribution in [0.2, 0.25) is 0 Å². The summed E-state index contributed by atoms with van der Waals surface area (Å²) in [6.07, 6.45) is 3.23. The molecule has 1 saturated heterocycles. The van der Waals surface area contributed by atoms with Gasteiger partial charge in [-0.05, 0) is 55.3 Å². The topological polar surface area (TPSA) is 57.7 Å². The first-order valence-corrected chi connectivity index (χ1v) is 14.0. The number of nitrogens with zero attached hydrogens (tertiary/aromatic N) is 3.